The van der Waals surface area contributed by atoms with Gasteiger partial charge in [-0.15, -0.1) is 0 Å². The van der Waals surface area contributed by atoms with Crippen LogP contribution in [0, 0.1) is 0 Å². The van der Waals surface area contributed by atoms with Gasteiger partial charge in [0.1, 0.15) is 5.82 Å². The highest BCUT2D eigenvalue weighted by Gasteiger charge is 2.05. The lowest BCUT2D eigenvalue weighted by Gasteiger charge is -2.05. The van der Waals surface area contributed by atoms with E-state index in [2.05, 4.69) is 21.8 Å². The number of hydrogen-bond acceptors (Lipinski definition) is 1. The van der Waals surface area contributed by atoms with E-state index < -0.39 is 0 Å². The first kappa shape index (κ1) is 10.4. The molecule has 3 nitrogen and oxygen atoms in total. The maximum atomic E-state index is 6.03. The van der Waals surface area contributed by atoms with Crippen molar-refractivity contribution in [1.29, 1.82) is 0 Å². The first-order valence-electron chi connectivity index (χ1n) is 5.44. The van der Waals surface area contributed by atoms with Gasteiger partial charge in [-0.05, 0) is 23.6 Å². The predicted molar refractivity (Wildman–Crippen MR) is 69.3 cm³/mol. The van der Waals surface area contributed by atoms with Gasteiger partial charge in [-0.2, -0.15) is 0 Å². The van der Waals surface area contributed by atoms with Crippen LogP contribution in [0.25, 0.3) is 10.9 Å². The molecule has 0 aliphatic rings. The Bertz CT molecular complexity index is 666. The normalized spacial score (nSPS) is 11.2. The Balaban J connectivity index is 2.06. The molecular weight excluding hydrogens is 234 g/mol. The molecule has 0 bridgehead atoms. The van der Waals surface area contributed by atoms with Gasteiger partial charge in [0.25, 0.3) is 0 Å². The average molecular weight is 246 g/mol. The highest BCUT2D eigenvalue weighted by Crippen LogP contribution is 2.21. The Morgan fingerprint density at radius 1 is 1.24 bits per heavy atom. The van der Waals surface area contributed by atoms with Crippen LogP contribution >= 0.6 is 11.6 Å². The summed E-state index contributed by atoms with van der Waals surface area (Å²) in [6, 6.07) is 8.02. The summed E-state index contributed by atoms with van der Waals surface area (Å²) in [6.45, 7) is 0.757. The first-order chi connectivity index (χ1) is 8.24. The molecule has 0 amide bonds. The average Bonchev–Trinajstić information content (AvgIpc) is 2.88. The van der Waals surface area contributed by atoms with E-state index in [4.69, 9.17) is 11.6 Å². The Morgan fingerprint density at radius 3 is 2.88 bits per heavy atom. The van der Waals surface area contributed by atoms with Gasteiger partial charge in [-0.3, -0.25) is 0 Å². The summed E-state index contributed by atoms with van der Waals surface area (Å²) in [5.74, 6) is 1.03. The molecule has 0 saturated heterocycles. The summed E-state index contributed by atoms with van der Waals surface area (Å²) in [6.07, 6.45) is 5.83. The van der Waals surface area contributed by atoms with Crippen LogP contribution < -0.4 is 0 Å². The molecule has 0 radical (unpaired) electrons. The van der Waals surface area contributed by atoms with Crippen LogP contribution in [-0.2, 0) is 13.6 Å². The minimum absolute atomic E-state index is 0.757. The molecule has 0 saturated carbocycles. The highest BCUT2D eigenvalue weighted by atomic mass is 35.5. The van der Waals surface area contributed by atoms with E-state index in [0.29, 0.717) is 0 Å². The standard InChI is InChI=1S/C13H12ClN3/c1-16-7-5-15-13(16)9-17-6-4-10-2-3-11(14)8-12(10)17/h2-8H,9H2,1H3. The second-order valence-corrected chi connectivity index (χ2v) is 4.54. The second kappa shape index (κ2) is 3.93. The van der Waals surface area contributed by atoms with Gasteiger partial charge in [0.15, 0.2) is 0 Å². The van der Waals surface area contributed by atoms with Crippen LogP contribution in [0.3, 0.4) is 0 Å². The molecule has 0 aliphatic heterocycles. The van der Waals surface area contributed by atoms with E-state index in [9.17, 15) is 0 Å². The summed E-state index contributed by atoms with van der Waals surface area (Å²) in [4.78, 5) is 4.33. The molecule has 2 heterocycles. The topological polar surface area (TPSA) is 22.8 Å². The quantitative estimate of drug-likeness (QED) is 0.680. The van der Waals surface area contributed by atoms with Crippen molar-refractivity contribution >= 4 is 22.5 Å². The van der Waals surface area contributed by atoms with Gasteiger partial charge < -0.3 is 9.13 Å². The van der Waals surface area contributed by atoms with E-state index >= 15 is 0 Å². The number of halogens is 1. The number of imidazole rings is 1. The molecule has 86 valence electrons. The molecule has 0 fully saturated rings. The van der Waals surface area contributed by atoms with Crippen molar-refractivity contribution in [1.82, 2.24) is 14.1 Å². The molecule has 0 spiro atoms. The third kappa shape index (κ3) is 1.83. The number of rotatable bonds is 2. The predicted octanol–water partition coefficient (Wildman–Crippen LogP) is 3.08. The molecule has 1 aromatic carbocycles. The molecule has 3 aromatic rings. The number of aromatic nitrogens is 3. The molecule has 0 N–H and O–H groups in total. The fraction of sp³-hybridized carbons (Fsp3) is 0.154. The van der Waals surface area contributed by atoms with E-state index in [-0.39, 0.29) is 0 Å². The monoisotopic (exact) mass is 245 g/mol. The lowest BCUT2D eigenvalue weighted by atomic mass is 10.2. The van der Waals surface area contributed by atoms with Crippen molar-refractivity contribution < 1.29 is 0 Å². The maximum Gasteiger partial charge on any atom is 0.128 e. The van der Waals surface area contributed by atoms with E-state index in [1.54, 1.807) is 0 Å². The SMILES string of the molecule is Cn1ccnc1Cn1ccc2ccc(Cl)cc21. The smallest absolute Gasteiger partial charge is 0.128 e. The van der Waals surface area contributed by atoms with Crippen LogP contribution in [-0.4, -0.2) is 14.1 Å². The van der Waals surface area contributed by atoms with Crippen LogP contribution in [0.4, 0.5) is 0 Å². The van der Waals surface area contributed by atoms with Crippen LogP contribution in [0.5, 0.6) is 0 Å². The Kier molecular flexibility index (Phi) is 2.41. The fourth-order valence-corrected chi connectivity index (χ4v) is 2.16. The van der Waals surface area contributed by atoms with E-state index in [1.165, 1.54) is 5.39 Å². The van der Waals surface area contributed by atoms with Gasteiger partial charge in [-0.25, -0.2) is 4.98 Å². The summed E-state index contributed by atoms with van der Waals surface area (Å²) < 4.78 is 4.18. The largest absolute Gasteiger partial charge is 0.340 e. The number of fused-ring (bicyclic) bond motifs is 1. The van der Waals surface area contributed by atoms with Crippen molar-refractivity contribution in [2.45, 2.75) is 6.54 Å². The molecule has 0 aliphatic carbocycles. The summed E-state index contributed by atoms with van der Waals surface area (Å²) >= 11 is 6.03. The van der Waals surface area contributed by atoms with Crippen LogP contribution in [0.1, 0.15) is 5.82 Å². The van der Waals surface area contributed by atoms with Crippen LogP contribution in [0.2, 0.25) is 5.02 Å². The number of nitrogens with zero attached hydrogens (tertiary/aromatic N) is 3. The van der Waals surface area contributed by atoms with Gasteiger partial charge in [-0.1, -0.05) is 17.7 Å². The summed E-state index contributed by atoms with van der Waals surface area (Å²) in [5.41, 5.74) is 1.14. The lowest BCUT2D eigenvalue weighted by Crippen LogP contribution is -2.04. The molecule has 3 rings (SSSR count). The molecule has 4 heteroatoms. The Labute approximate surface area is 104 Å². The summed E-state index contributed by atoms with van der Waals surface area (Å²) in [7, 11) is 2.00. The van der Waals surface area contributed by atoms with Crippen molar-refractivity contribution in [3.8, 4) is 0 Å². The van der Waals surface area contributed by atoms with E-state index in [1.807, 2.05) is 42.2 Å². The zero-order chi connectivity index (χ0) is 11.8. The minimum atomic E-state index is 0.757. The number of benzene rings is 1. The summed E-state index contributed by atoms with van der Waals surface area (Å²) in [5, 5.41) is 1.96. The maximum absolute atomic E-state index is 6.03. The molecule has 2 aromatic heterocycles. The number of hydrogen-bond donors (Lipinski definition) is 0. The van der Waals surface area contributed by atoms with Crippen molar-refractivity contribution in [2.75, 3.05) is 0 Å². The van der Waals surface area contributed by atoms with Crippen molar-refractivity contribution in [3.05, 3.63) is 53.7 Å². The van der Waals surface area contributed by atoms with Crippen molar-refractivity contribution in [2.24, 2.45) is 7.05 Å². The zero-order valence-electron chi connectivity index (χ0n) is 9.47. The van der Waals surface area contributed by atoms with Gasteiger partial charge >= 0.3 is 0 Å². The third-order valence-corrected chi connectivity index (χ3v) is 3.20. The molecule has 0 unspecified atom stereocenters. The molecule has 17 heavy (non-hydrogen) atoms. The minimum Gasteiger partial charge on any atom is -0.340 e. The lowest BCUT2D eigenvalue weighted by molar-refractivity contribution is 0.718. The van der Waals surface area contributed by atoms with Crippen LogP contribution in [0.15, 0.2) is 42.9 Å². The van der Waals surface area contributed by atoms with Crippen molar-refractivity contribution in [3.63, 3.8) is 0 Å². The Morgan fingerprint density at radius 2 is 2.12 bits per heavy atom. The highest BCUT2D eigenvalue weighted by molar-refractivity contribution is 6.31. The first-order valence-corrected chi connectivity index (χ1v) is 5.82. The number of aryl methyl sites for hydroxylation is 1. The zero-order valence-corrected chi connectivity index (χ0v) is 10.2. The van der Waals surface area contributed by atoms with Gasteiger partial charge in [0, 0.05) is 36.2 Å². The van der Waals surface area contributed by atoms with Gasteiger partial charge in [0.05, 0.1) is 6.54 Å². The van der Waals surface area contributed by atoms with E-state index in [0.717, 1.165) is 22.9 Å². The third-order valence-electron chi connectivity index (χ3n) is 2.97. The fourth-order valence-electron chi connectivity index (χ4n) is 2.00. The molecule has 0 atom stereocenters. The van der Waals surface area contributed by atoms with Gasteiger partial charge in [0.2, 0.25) is 0 Å². The molecular formula is C13H12ClN3. The second-order valence-electron chi connectivity index (χ2n) is 4.10. The Hall–Kier alpha value is -1.74.